The Morgan fingerprint density at radius 3 is 2.63 bits per heavy atom. The zero-order chi connectivity index (χ0) is 27.7. The lowest BCUT2D eigenvalue weighted by Crippen LogP contribution is -2.55. The minimum absolute atomic E-state index is 0.0161. The summed E-state index contributed by atoms with van der Waals surface area (Å²) in [4.78, 5) is 51.9. The van der Waals surface area contributed by atoms with Crippen LogP contribution in [-0.2, 0) is 20.6 Å². The monoisotopic (exact) mass is 570 g/mol. The normalized spacial score (nSPS) is 17.3. The number of H-pyrrole nitrogens is 1. The Morgan fingerprint density at radius 1 is 1.18 bits per heavy atom. The lowest BCUT2D eigenvalue weighted by molar-refractivity contribution is 0.0204. The molecule has 12 nitrogen and oxygen atoms in total. The fraction of sp³-hybridized carbons (Fsp3) is 0.625. The van der Waals surface area contributed by atoms with E-state index in [2.05, 4.69) is 25.6 Å². The zero-order valence-corrected chi connectivity index (χ0v) is 23.7. The van der Waals surface area contributed by atoms with E-state index in [9.17, 15) is 14.4 Å². The summed E-state index contributed by atoms with van der Waals surface area (Å²) in [5.41, 5.74) is 0.719. The van der Waals surface area contributed by atoms with Crippen LogP contribution in [0.2, 0.25) is 5.15 Å². The number of rotatable bonds is 13. The van der Waals surface area contributed by atoms with Crippen molar-refractivity contribution in [1.29, 1.82) is 0 Å². The van der Waals surface area contributed by atoms with E-state index < -0.39 is 11.9 Å². The van der Waals surface area contributed by atoms with Crippen LogP contribution in [0.3, 0.4) is 0 Å². The number of aromatic amines is 1. The summed E-state index contributed by atoms with van der Waals surface area (Å²) in [5.74, 6) is -1.27. The van der Waals surface area contributed by atoms with Gasteiger partial charge in [-0.1, -0.05) is 36.8 Å². The van der Waals surface area contributed by atoms with Crippen LogP contribution in [-0.4, -0.2) is 91.4 Å². The number of carbonyl (C=O) groups excluding carboxylic acids is 3. The van der Waals surface area contributed by atoms with Crippen LogP contribution < -0.4 is 15.5 Å². The fourth-order valence-electron chi connectivity index (χ4n) is 3.94. The SMILES string of the molecule is CCCO[C@@H]1CN(c2nc(C(=O)NCCOC)c(C(=O)OCC)s2)CC[C@@H]1NC(=O)c1nc(Cl)c(CC)[nH]1. The minimum Gasteiger partial charge on any atom is -0.462 e. The highest BCUT2D eigenvalue weighted by Crippen LogP contribution is 2.30. The summed E-state index contributed by atoms with van der Waals surface area (Å²) in [7, 11) is 1.53. The van der Waals surface area contributed by atoms with Gasteiger partial charge in [-0.2, -0.15) is 0 Å². The topological polar surface area (TPSA) is 148 Å². The largest absolute Gasteiger partial charge is 0.462 e. The van der Waals surface area contributed by atoms with Gasteiger partial charge in [-0.25, -0.2) is 14.8 Å². The molecule has 0 bridgehead atoms. The zero-order valence-electron chi connectivity index (χ0n) is 22.1. The molecule has 0 aromatic carbocycles. The first-order valence-electron chi connectivity index (χ1n) is 12.7. The van der Waals surface area contributed by atoms with Gasteiger partial charge in [0, 0.05) is 33.4 Å². The van der Waals surface area contributed by atoms with E-state index in [4.69, 9.17) is 25.8 Å². The molecule has 1 aliphatic heterocycles. The predicted molar refractivity (Wildman–Crippen MR) is 143 cm³/mol. The maximum atomic E-state index is 12.9. The Morgan fingerprint density at radius 2 is 1.97 bits per heavy atom. The van der Waals surface area contributed by atoms with Crippen LogP contribution in [0.4, 0.5) is 5.13 Å². The lowest BCUT2D eigenvalue weighted by Gasteiger charge is -2.38. The maximum absolute atomic E-state index is 12.9. The van der Waals surface area contributed by atoms with E-state index in [1.165, 1.54) is 7.11 Å². The number of thiazole rings is 1. The van der Waals surface area contributed by atoms with Crippen molar-refractivity contribution in [2.45, 2.75) is 52.2 Å². The number of nitrogens with zero attached hydrogens (tertiary/aromatic N) is 3. The number of hydrogen-bond donors (Lipinski definition) is 3. The number of hydrogen-bond acceptors (Lipinski definition) is 10. The van der Waals surface area contributed by atoms with Crippen LogP contribution >= 0.6 is 22.9 Å². The molecular weight excluding hydrogens is 536 g/mol. The van der Waals surface area contributed by atoms with E-state index in [0.29, 0.717) is 50.0 Å². The van der Waals surface area contributed by atoms with Gasteiger partial charge in [0.15, 0.2) is 21.8 Å². The van der Waals surface area contributed by atoms with Gasteiger partial charge >= 0.3 is 5.97 Å². The molecule has 1 aliphatic rings. The van der Waals surface area contributed by atoms with Crippen molar-refractivity contribution in [2.75, 3.05) is 51.5 Å². The molecule has 2 amide bonds. The van der Waals surface area contributed by atoms with Gasteiger partial charge in [0.25, 0.3) is 11.8 Å². The number of ether oxygens (including phenoxy) is 3. The minimum atomic E-state index is -0.599. The second kappa shape index (κ2) is 14.4. The molecule has 2 atom stereocenters. The van der Waals surface area contributed by atoms with Crippen LogP contribution in [0.15, 0.2) is 0 Å². The number of amides is 2. The van der Waals surface area contributed by atoms with Gasteiger partial charge in [-0.05, 0) is 26.2 Å². The predicted octanol–water partition coefficient (Wildman–Crippen LogP) is 2.44. The molecule has 0 radical (unpaired) electrons. The highest BCUT2D eigenvalue weighted by molar-refractivity contribution is 7.17. The Balaban J connectivity index is 1.78. The average molecular weight is 571 g/mol. The average Bonchev–Trinajstić information content (AvgIpc) is 3.52. The fourth-order valence-corrected chi connectivity index (χ4v) is 5.20. The third-order valence-corrected chi connectivity index (χ3v) is 7.27. The summed E-state index contributed by atoms with van der Waals surface area (Å²) in [6, 6.07) is -0.277. The van der Waals surface area contributed by atoms with Crippen molar-refractivity contribution >= 4 is 45.9 Å². The lowest BCUT2D eigenvalue weighted by atomic mass is 10.0. The Bertz CT molecular complexity index is 1110. The first-order valence-corrected chi connectivity index (χ1v) is 13.9. The van der Waals surface area contributed by atoms with Crippen molar-refractivity contribution in [1.82, 2.24) is 25.6 Å². The molecule has 3 N–H and O–H groups in total. The standard InChI is InChI=1S/C24H35ClN6O6S/c1-5-11-37-16-13-31(10-8-15(16)28-22(33)20-27-14(6-2)19(25)30-20)24-29-17(21(32)26-9-12-35-4)18(38-24)23(34)36-7-3/h15-16H,5-13H2,1-4H3,(H,26,32)(H,27,30)(H,28,33)/t15-,16+/m0/s1. The number of aromatic nitrogens is 3. The second-order valence-electron chi connectivity index (χ2n) is 8.58. The molecule has 0 aliphatic carbocycles. The van der Waals surface area contributed by atoms with Gasteiger partial charge in [-0.3, -0.25) is 9.59 Å². The van der Waals surface area contributed by atoms with Crippen molar-refractivity contribution < 1.29 is 28.6 Å². The van der Waals surface area contributed by atoms with Gasteiger partial charge in [0.05, 0.1) is 31.1 Å². The third-order valence-electron chi connectivity index (χ3n) is 5.86. The van der Waals surface area contributed by atoms with E-state index in [1.807, 2.05) is 18.7 Å². The number of piperidine rings is 1. The number of nitrogens with one attached hydrogen (secondary N) is 3. The van der Waals surface area contributed by atoms with E-state index in [1.54, 1.807) is 6.92 Å². The molecule has 0 saturated carbocycles. The number of esters is 1. The molecule has 1 saturated heterocycles. The summed E-state index contributed by atoms with van der Waals surface area (Å²) >= 11 is 7.21. The first-order chi connectivity index (χ1) is 18.3. The van der Waals surface area contributed by atoms with Crippen molar-refractivity contribution in [3.8, 4) is 0 Å². The highest BCUT2D eigenvalue weighted by Gasteiger charge is 2.35. The van der Waals surface area contributed by atoms with Gasteiger partial charge < -0.3 is 34.7 Å². The number of halogens is 1. The summed E-state index contributed by atoms with van der Waals surface area (Å²) in [5, 5.41) is 6.52. The molecule has 3 heterocycles. The van der Waals surface area contributed by atoms with E-state index in [-0.39, 0.29) is 52.8 Å². The van der Waals surface area contributed by atoms with E-state index >= 15 is 0 Å². The summed E-state index contributed by atoms with van der Waals surface area (Å²) in [6.07, 6.45) is 1.64. The molecule has 14 heteroatoms. The first kappa shape index (κ1) is 29.8. The number of carbonyl (C=O) groups is 3. The molecule has 210 valence electrons. The van der Waals surface area contributed by atoms with Gasteiger partial charge in [-0.15, -0.1) is 0 Å². The van der Waals surface area contributed by atoms with Crippen molar-refractivity contribution in [2.24, 2.45) is 0 Å². The summed E-state index contributed by atoms with van der Waals surface area (Å²) in [6.45, 7) is 7.86. The molecule has 2 aromatic heterocycles. The Hall–Kier alpha value is -2.74. The van der Waals surface area contributed by atoms with Crippen molar-refractivity contribution in [3.05, 3.63) is 27.2 Å². The van der Waals surface area contributed by atoms with Crippen LogP contribution in [0.25, 0.3) is 0 Å². The van der Waals surface area contributed by atoms with E-state index in [0.717, 1.165) is 17.8 Å². The maximum Gasteiger partial charge on any atom is 0.350 e. The molecule has 2 aromatic rings. The smallest absolute Gasteiger partial charge is 0.350 e. The molecule has 1 fully saturated rings. The second-order valence-corrected chi connectivity index (χ2v) is 9.91. The van der Waals surface area contributed by atoms with Crippen molar-refractivity contribution in [3.63, 3.8) is 0 Å². The summed E-state index contributed by atoms with van der Waals surface area (Å²) < 4.78 is 16.2. The van der Waals surface area contributed by atoms with Gasteiger partial charge in [0.2, 0.25) is 0 Å². The molecule has 38 heavy (non-hydrogen) atoms. The Kier molecular flexibility index (Phi) is 11.3. The quantitative estimate of drug-likeness (QED) is 0.244. The third kappa shape index (κ3) is 7.43. The van der Waals surface area contributed by atoms with Crippen LogP contribution in [0.5, 0.6) is 0 Å². The number of imidazole rings is 1. The molecule has 3 rings (SSSR count). The number of anilines is 1. The molecule has 0 unspecified atom stereocenters. The highest BCUT2D eigenvalue weighted by atomic mass is 35.5. The Labute approximate surface area is 230 Å². The van der Waals surface area contributed by atoms with Crippen LogP contribution in [0.1, 0.15) is 70.1 Å². The molecular formula is C24H35ClN6O6S. The van der Waals surface area contributed by atoms with Gasteiger partial charge in [0.1, 0.15) is 4.88 Å². The number of methoxy groups -OCH3 is 1. The van der Waals surface area contributed by atoms with Crippen LogP contribution in [0, 0.1) is 0 Å². The number of aryl methyl sites for hydroxylation is 1. The molecule has 0 spiro atoms.